The van der Waals surface area contributed by atoms with Crippen LogP contribution in [-0.2, 0) is 6.54 Å². The summed E-state index contributed by atoms with van der Waals surface area (Å²) in [5.41, 5.74) is 0.947. The summed E-state index contributed by atoms with van der Waals surface area (Å²) in [5, 5.41) is 16.6. The standard InChI is InChI=1S/C13H17N5O2/c1-3-8-20-12-10(6-5-7-11(12)19-4-2)9-14-13-15-17-18-16-13/h3,5-7H,1,4,8-9H2,2H3,(H2,14,15,16,17,18). The first-order chi connectivity index (χ1) is 9.85. The van der Waals surface area contributed by atoms with E-state index in [0.29, 0.717) is 37.2 Å². The number of aromatic amines is 1. The Labute approximate surface area is 117 Å². The number of hydrogen-bond acceptors (Lipinski definition) is 6. The lowest BCUT2D eigenvalue weighted by Gasteiger charge is -2.15. The van der Waals surface area contributed by atoms with Gasteiger partial charge in [0, 0.05) is 12.1 Å². The van der Waals surface area contributed by atoms with E-state index in [1.54, 1.807) is 6.08 Å². The van der Waals surface area contributed by atoms with Crippen molar-refractivity contribution >= 4 is 5.95 Å². The molecule has 1 heterocycles. The highest BCUT2D eigenvalue weighted by Gasteiger charge is 2.11. The Morgan fingerprint density at radius 1 is 1.40 bits per heavy atom. The predicted molar refractivity (Wildman–Crippen MR) is 74.8 cm³/mol. The fourth-order valence-electron chi connectivity index (χ4n) is 1.69. The Balaban J connectivity index is 2.16. The molecule has 1 aromatic heterocycles. The molecule has 7 nitrogen and oxygen atoms in total. The van der Waals surface area contributed by atoms with Crippen LogP contribution in [0, 0.1) is 0 Å². The SMILES string of the molecule is C=CCOc1c(CNc2nn[nH]n2)cccc1OCC. The minimum absolute atomic E-state index is 0.416. The molecule has 0 radical (unpaired) electrons. The van der Waals surface area contributed by atoms with Gasteiger partial charge in [-0.2, -0.15) is 5.21 Å². The number of tetrazole rings is 1. The molecule has 0 fully saturated rings. The third-order valence-electron chi connectivity index (χ3n) is 2.49. The first-order valence-corrected chi connectivity index (χ1v) is 6.30. The van der Waals surface area contributed by atoms with Crippen LogP contribution in [0.25, 0.3) is 0 Å². The lowest BCUT2D eigenvalue weighted by Crippen LogP contribution is -2.06. The molecule has 0 saturated heterocycles. The second-order valence-corrected chi connectivity index (χ2v) is 3.87. The quantitative estimate of drug-likeness (QED) is 0.714. The van der Waals surface area contributed by atoms with Crippen LogP contribution < -0.4 is 14.8 Å². The maximum atomic E-state index is 5.69. The van der Waals surface area contributed by atoms with Crippen LogP contribution in [0.1, 0.15) is 12.5 Å². The average molecular weight is 275 g/mol. The van der Waals surface area contributed by atoms with Crippen molar-refractivity contribution in [3.63, 3.8) is 0 Å². The number of H-pyrrole nitrogens is 1. The molecule has 106 valence electrons. The molecule has 0 aliphatic carbocycles. The van der Waals surface area contributed by atoms with Crippen LogP contribution >= 0.6 is 0 Å². The summed E-state index contributed by atoms with van der Waals surface area (Å²) in [6.07, 6.45) is 1.69. The number of rotatable bonds is 8. The van der Waals surface area contributed by atoms with E-state index in [4.69, 9.17) is 9.47 Å². The van der Waals surface area contributed by atoms with Crippen molar-refractivity contribution in [3.8, 4) is 11.5 Å². The zero-order chi connectivity index (χ0) is 14.2. The molecule has 0 aliphatic rings. The Hall–Kier alpha value is -2.57. The molecule has 2 aromatic rings. The largest absolute Gasteiger partial charge is 0.490 e. The number of nitrogens with one attached hydrogen (secondary N) is 2. The summed E-state index contributed by atoms with van der Waals surface area (Å²) in [6, 6.07) is 5.74. The molecule has 0 amide bonds. The van der Waals surface area contributed by atoms with Crippen LogP contribution in [-0.4, -0.2) is 33.8 Å². The number of hydrogen-bond donors (Lipinski definition) is 2. The molecule has 0 unspecified atom stereocenters. The van der Waals surface area contributed by atoms with Crippen molar-refractivity contribution in [1.82, 2.24) is 20.6 Å². The van der Waals surface area contributed by atoms with E-state index in [1.165, 1.54) is 0 Å². The van der Waals surface area contributed by atoms with Crippen LogP contribution in [0.2, 0.25) is 0 Å². The fourth-order valence-corrected chi connectivity index (χ4v) is 1.69. The summed E-state index contributed by atoms with van der Waals surface area (Å²) in [7, 11) is 0. The number of para-hydroxylation sites is 1. The average Bonchev–Trinajstić information content (AvgIpc) is 2.97. The van der Waals surface area contributed by atoms with Gasteiger partial charge in [0.2, 0.25) is 0 Å². The van der Waals surface area contributed by atoms with Crippen molar-refractivity contribution in [1.29, 1.82) is 0 Å². The van der Waals surface area contributed by atoms with Crippen LogP contribution in [0.4, 0.5) is 5.95 Å². The Bertz CT molecular complexity index is 542. The predicted octanol–water partition coefficient (Wildman–Crippen LogP) is 1.78. The molecule has 2 rings (SSSR count). The van der Waals surface area contributed by atoms with E-state index in [9.17, 15) is 0 Å². The molecule has 0 atom stereocenters. The Morgan fingerprint density at radius 2 is 2.30 bits per heavy atom. The first kappa shape index (κ1) is 13.9. The van der Waals surface area contributed by atoms with Gasteiger partial charge in [-0.25, -0.2) is 0 Å². The summed E-state index contributed by atoms with van der Waals surface area (Å²) in [4.78, 5) is 0. The third-order valence-corrected chi connectivity index (χ3v) is 2.49. The second-order valence-electron chi connectivity index (χ2n) is 3.87. The van der Waals surface area contributed by atoms with Gasteiger partial charge in [0.15, 0.2) is 11.5 Å². The Morgan fingerprint density at radius 3 is 3.00 bits per heavy atom. The van der Waals surface area contributed by atoms with Gasteiger partial charge in [0.25, 0.3) is 5.95 Å². The molecule has 20 heavy (non-hydrogen) atoms. The third kappa shape index (κ3) is 3.47. The molecule has 0 spiro atoms. The highest BCUT2D eigenvalue weighted by atomic mass is 16.5. The van der Waals surface area contributed by atoms with Gasteiger partial charge in [-0.3, -0.25) is 0 Å². The van der Waals surface area contributed by atoms with Crippen molar-refractivity contribution in [2.45, 2.75) is 13.5 Å². The lowest BCUT2D eigenvalue weighted by molar-refractivity contribution is 0.295. The second kappa shape index (κ2) is 7.13. The van der Waals surface area contributed by atoms with E-state index in [2.05, 4.69) is 32.5 Å². The first-order valence-electron chi connectivity index (χ1n) is 6.30. The highest BCUT2D eigenvalue weighted by molar-refractivity contribution is 5.48. The van der Waals surface area contributed by atoms with E-state index >= 15 is 0 Å². The van der Waals surface area contributed by atoms with Crippen molar-refractivity contribution in [3.05, 3.63) is 36.4 Å². The minimum atomic E-state index is 0.416. The Kier molecular flexibility index (Phi) is 4.94. The summed E-state index contributed by atoms with van der Waals surface area (Å²) in [6.45, 7) is 7.08. The fraction of sp³-hybridized carbons (Fsp3) is 0.308. The van der Waals surface area contributed by atoms with Gasteiger partial charge in [-0.1, -0.05) is 29.9 Å². The number of ether oxygens (including phenoxy) is 2. The molecule has 1 aromatic carbocycles. The zero-order valence-corrected chi connectivity index (χ0v) is 11.3. The lowest BCUT2D eigenvalue weighted by atomic mass is 10.2. The number of anilines is 1. The molecule has 0 bridgehead atoms. The van der Waals surface area contributed by atoms with Crippen LogP contribution in [0.5, 0.6) is 11.5 Å². The topological polar surface area (TPSA) is 85.0 Å². The van der Waals surface area contributed by atoms with E-state index in [0.717, 1.165) is 5.56 Å². The van der Waals surface area contributed by atoms with Crippen molar-refractivity contribution in [2.75, 3.05) is 18.5 Å². The molecular formula is C13H17N5O2. The van der Waals surface area contributed by atoms with E-state index in [1.807, 2.05) is 25.1 Å². The van der Waals surface area contributed by atoms with Crippen LogP contribution in [0.15, 0.2) is 30.9 Å². The molecule has 0 saturated carbocycles. The highest BCUT2D eigenvalue weighted by Crippen LogP contribution is 2.31. The van der Waals surface area contributed by atoms with Crippen molar-refractivity contribution in [2.24, 2.45) is 0 Å². The smallest absolute Gasteiger partial charge is 0.263 e. The van der Waals surface area contributed by atoms with Gasteiger partial charge in [0.05, 0.1) is 6.61 Å². The molecular weight excluding hydrogens is 258 g/mol. The normalized spacial score (nSPS) is 10.1. The van der Waals surface area contributed by atoms with Crippen LogP contribution in [0.3, 0.4) is 0 Å². The van der Waals surface area contributed by atoms with E-state index in [-0.39, 0.29) is 0 Å². The van der Waals surface area contributed by atoms with Gasteiger partial charge < -0.3 is 14.8 Å². The summed E-state index contributed by atoms with van der Waals surface area (Å²) < 4.78 is 11.3. The summed E-state index contributed by atoms with van der Waals surface area (Å²) in [5.74, 6) is 1.84. The van der Waals surface area contributed by atoms with Gasteiger partial charge in [-0.05, 0) is 18.2 Å². The van der Waals surface area contributed by atoms with Gasteiger partial charge >= 0.3 is 0 Å². The molecule has 2 N–H and O–H groups in total. The number of nitrogens with zero attached hydrogens (tertiary/aromatic N) is 3. The molecule has 7 heteroatoms. The maximum Gasteiger partial charge on any atom is 0.263 e. The molecule has 0 aliphatic heterocycles. The zero-order valence-electron chi connectivity index (χ0n) is 11.3. The monoisotopic (exact) mass is 275 g/mol. The number of benzene rings is 1. The summed E-state index contributed by atoms with van der Waals surface area (Å²) >= 11 is 0. The van der Waals surface area contributed by atoms with E-state index < -0.39 is 0 Å². The van der Waals surface area contributed by atoms with Gasteiger partial charge in [-0.15, -0.1) is 5.10 Å². The minimum Gasteiger partial charge on any atom is -0.490 e. The number of aromatic nitrogens is 4. The maximum absolute atomic E-state index is 5.69. The van der Waals surface area contributed by atoms with Crippen molar-refractivity contribution < 1.29 is 9.47 Å². The van der Waals surface area contributed by atoms with Gasteiger partial charge in [0.1, 0.15) is 6.61 Å².